The molecule has 1 N–H and O–H groups in total. The van der Waals surface area contributed by atoms with Crippen molar-refractivity contribution in [3.63, 3.8) is 0 Å². The third kappa shape index (κ3) is 3.12. The highest BCUT2D eigenvalue weighted by molar-refractivity contribution is 5.47. The van der Waals surface area contributed by atoms with Crippen LogP contribution in [0.15, 0.2) is 24.3 Å². The van der Waals surface area contributed by atoms with Gasteiger partial charge in [0.15, 0.2) is 5.79 Å². The van der Waals surface area contributed by atoms with Crippen LogP contribution in [0.1, 0.15) is 25.5 Å². The van der Waals surface area contributed by atoms with Crippen molar-refractivity contribution in [2.45, 2.75) is 31.8 Å². The number of carbonyl (C=O) groups is 1. The first-order valence-electron chi connectivity index (χ1n) is 6.19. The number of rotatable bonds is 4. The smallest absolute Gasteiger partial charge is 0.269 e. The number of non-ortho nitro benzene ring substituents is 1. The summed E-state index contributed by atoms with van der Waals surface area (Å²) in [5.74, 6) is -0.770. The molecule has 0 aliphatic carbocycles. The van der Waals surface area contributed by atoms with Crippen LogP contribution in [-0.2, 0) is 14.3 Å². The number of nitro groups is 1. The van der Waals surface area contributed by atoms with E-state index < -0.39 is 16.8 Å². The Balaban J connectivity index is 2.25. The summed E-state index contributed by atoms with van der Waals surface area (Å²) >= 11 is 0. The van der Waals surface area contributed by atoms with Crippen molar-refractivity contribution < 1.29 is 19.2 Å². The molecule has 1 aromatic rings. The fraction of sp³-hybridized carbons (Fsp3) is 0.462. The Bertz CT molecular complexity index is 500. The molecule has 1 amide bonds. The molecule has 0 radical (unpaired) electrons. The highest BCUT2D eigenvalue weighted by Gasteiger charge is 2.37. The van der Waals surface area contributed by atoms with Crippen molar-refractivity contribution in [3.8, 4) is 0 Å². The zero-order chi connectivity index (χ0) is 14.8. The maximum atomic E-state index is 10.7. The molecule has 1 fully saturated rings. The molecule has 2 rings (SSSR count). The standard InChI is InChI=1S/C13H16N2O5/c1-13(2)19-7-11(14-8-16)12(20-13)9-3-5-10(6-4-9)15(17)18/h3-6,8,11-12H,7H2,1-2H3,(H,14,16)/t11-,12-/m0/s1. The zero-order valence-electron chi connectivity index (χ0n) is 11.2. The molecule has 0 spiro atoms. The first-order valence-corrected chi connectivity index (χ1v) is 6.19. The molecule has 0 unspecified atom stereocenters. The van der Waals surface area contributed by atoms with Gasteiger partial charge in [-0.25, -0.2) is 0 Å². The summed E-state index contributed by atoms with van der Waals surface area (Å²) in [6, 6.07) is 5.76. The first kappa shape index (κ1) is 14.4. The van der Waals surface area contributed by atoms with E-state index in [1.807, 2.05) is 0 Å². The molecule has 7 heteroatoms. The minimum atomic E-state index is -0.770. The molecule has 20 heavy (non-hydrogen) atoms. The maximum Gasteiger partial charge on any atom is 0.269 e. The van der Waals surface area contributed by atoms with Crippen LogP contribution in [0.5, 0.6) is 0 Å². The van der Waals surface area contributed by atoms with Gasteiger partial charge in [0.05, 0.1) is 17.6 Å². The Morgan fingerprint density at radius 2 is 2.05 bits per heavy atom. The second kappa shape index (κ2) is 5.56. The summed E-state index contributed by atoms with van der Waals surface area (Å²) < 4.78 is 11.3. The third-order valence-corrected chi connectivity index (χ3v) is 3.10. The van der Waals surface area contributed by atoms with Gasteiger partial charge in [-0.3, -0.25) is 14.9 Å². The number of carbonyl (C=O) groups excluding carboxylic acids is 1. The molecular formula is C13H16N2O5. The second-order valence-corrected chi connectivity index (χ2v) is 4.99. The van der Waals surface area contributed by atoms with Crippen LogP contribution in [0, 0.1) is 10.1 Å². The molecule has 108 valence electrons. The van der Waals surface area contributed by atoms with E-state index in [0.717, 1.165) is 5.56 Å². The highest BCUT2D eigenvalue weighted by Crippen LogP contribution is 2.33. The third-order valence-electron chi connectivity index (χ3n) is 3.10. The molecule has 1 saturated heterocycles. The predicted molar refractivity (Wildman–Crippen MR) is 69.9 cm³/mol. The van der Waals surface area contributed by atoms with E-state index in [2.05, 4.69) is 5.32 Å². The Morgan fingerprint density at radius 3 is 2.60 bits per heavy atom. The lowest BCUT2D eigenvalue weighted by atomic mass is 10.0. The molecule has 2 atom stereocenters. The molecule has 0 aromatic heterocycles. The maximum absolute atomic E-state index is 10.7. The van der Waals surface area contributed by atoms with Gasteiger partial charge in [-0.05, 0) is 31.5 Å². The van der Waals surface area contributed by atoms with E-state index in [9.17, 15) is 14.9 Å². The zero-order valence-corrected chi connectivity index (χ0v) is 11.2. The minimum absolute atomic E-state index is 0.0139. The van der Waals surface area contributed by atoms with E-state index in [-0.39, 0.29) is 11.7 Å². The van der Waals surface area contributed by atoms with Gasteiger partial charge in [-0.15, -0.1) is 0 Å². The number of nitrogens with one attached hydrogen (secondary N) is 1. The molecule has 1 aliphatic heterocycles. The highest BCUT2D eigenvalue weighted by atomic mass is 16.7. The Labute approximate surface area is 116 Å². The molecule has 7 nitrogen and oxygen atoms in total. The SMILES string of the molecule is CC1(C)OC[C@H](NC=O)[C@H](c2ccc([N+](=O)[O-])cc2)O1. The number of hydrogen-bond acceptors (Lipinski definition) is 5. The lowest BCUT2D eigenvalue weighted by molar-refractivity contribution is -0.384. The number of nitrogens with zero attached hydrogens (tertiary/aromatic N) is 1. The summed E-state index contributed by atoms with van der Waals surface area (Å²) in [6.45, 7) is 3.87. The van der Waals surface area contributed by atoms with Crippen molar-refractivity contribution in [1.29, 1.82) is 0 Å². The van der Waals surface area contributed by atoms with Crippen LogP contribution >= 0.6 is 0 Å². The average Bonchev–Trinajstić information content (AvgIpc) is 2.41. The lowest BCUT2D eigenvalue weighted by Crippen LogP contribution is -2.50. The van der Waals surface area contributed by atoms with E-state index in [4.69, 9.17) is 9.47 Å². The van der Waals surface area contributed by atoms with Crippen LogP contribution in [0.3, 0.4) is 0 Å². The monoisotopic (exact) mass is 280 g/mol. The van der Waals surface area contributed by atoms with E-state index in [0.29, 0.717) is 13.0 Å². The van der Waals surface area contributed by atoms with Crippen molar-refractivity contribution >= 4 is 12.1 Å². The molecule has 1 aliphatic rings. The predicted octanol–water partition coefficient (Wildman–Crippen LogP) is 1.53. The van der Waals surface area contributed by atoms with Gasteiger partial charge in [0.2, 0.25) is 6.41 Å². The number of benzene rings is 1. The summed E-state index contributed by atoms with van der Waals surface area (Å²) in [5, 5.41) is 13.3. The quantitative estimate of drug-likeness (QED) is 0.513. The van der Waals surface area contributed by atoms with Crippen LogP contribution in [0.25, 0.3) is 0 Å². The minimum Gasteiger partial charge on any atom is -0.351 e. The van der Waals surface area contributed by atoms with E-state index in [1.54, 1.807) is 26.0 Å². The van der Waals surface area contributed by atoms with E-state index >= 15 is 0 Å². The Morgan fingerprint density at radius 1 is 1.40 bits per heavy atom. The average molecular weight is 280 g/mol. The normalized spacial score (nSPS) is 24.9. The second-order valence-electron chi connectivity index (χ2n) is 4.99. The fourth-order valence-corrected chi connectivity index (χ4v) is 2.11. The van der Waals surface area contributed by atoms with Gasteiger partial charge in [-0.2, -0.15) is 0 Å². The first-order chi connectivity index (χ1) is 9.43. The topological polar surface area (TPSA) is 90.7 Å². The largest absolute Gasteiger partial charge is 0.351 e. The Hall–Kier alpha value is -1.99. The van der Waals surface area contributed by atoms with Gasteiger partial charge >= 0.3 is 0 Å². The van der Waals surface area contributed by atoms with Crippen molar-refractivity contribution in [1.82, 2.24) is 5.32 Å². The molecule has 0 bridgehead atoms. The van der Waals surface area contributed by atoms with Gasteiger partial charge < -0.3 is 14.8 Å². The summed E-state index contributed by atoms with van der Waals surface area (Å²) in [5.41, 5.74) is 0.770. The van der Waals surface area contributed by atoms with Crippen LogP contribution in [0.2, 0.25) is 0 Å². The van der Waals surface area contributed by atoms with Gasteiger partial charge in [0, 0.05) is 12.1 Å². The van der Waals surface area contributed by atoms with E-state index in [1.165, 1.54) is 12.1 Å². The molecule has 1 aromatic carbocycles. The van der Waals surface area contributed by atoms with Gasteiger partial charge in [0.25, 0.3) is 5.69 Å². The lowest BCUT2D eigenvalue weighted by Gasteiger charge is -2.41. The van der Waals surface area contributed by atoms with Gasteiger partial charge in [-0.1, -0.05) is 0 Å². The van der Waals surface area contributed by atoms with Crippen molar-refractivity contribution in [3.05, 3.63) is 39.9 Å². The van der Waals surface area contributed by atoms with Crippen LogP contribution in [0.4, 0.5) is 5.69 Å². The van der Waals surface area contributed by atoms with Crippen molar-refractivity contribution in [2.24, 2.45) is 0 Å². The number of amides is 1. The van der Waals surface area contributed by atoms with Gasteiger partial charge in [0.1, 0.15) is 6.10 Å². The summed E-state index contributed by atoms with van der Waals surface area (Å²) in [4.78, 5) is 20.8. The van der Waals surface area contributed by atoms with Crippen LogP contribution in [-0.4, -0.2) is 29.8 Å². The summed E-state index contributed by atoms with van der Waals surface area (Å²) in [6.07, 6.45) is 0.179. The molecular weight excluding hydrogens is 264 g/mol. The fourth-order valence-electron chi connectivity index (χ4n) is 2.11. The Kier molecular flexibility index (Phi) is 4.01. The number of hydrogen-bond donors (Lipinski definition) is 1. The van der Waals surface area contributed by atoms with Crippen molar-refractivity contribution in [2.75, 3.05) is 6.61 Å². The number of nitro benzene ring substituents is 1. The van der Waals surface area contributed by atoms with Crippen LogP contribution < -0.4 is 5.32 Å². The molecule has 0 saturated carbocycles. The molecule has 1 heterocycles. The summed E-state index contributed by atoms with van der Waals surface area (Å²) in [7, 11) is 0. The number of ether oxygens (including phenoxy) is 2.